The summed E-state index contributed by atoms with van der Waals surface area (Å²) in [5, 5.41) is 16.9. The van der Waals surface area contributed by atoms with Crippen LogP contribution in [0, 0.1) is 6.92 Å². The Kier molecular flexibility index (Phi) is 4.43. The zero-order chi connectivity index (χ0) is 23.4. The highest BCUT2D eigenvalue weighted by Crippen LogP contribution is 2.43. The third kappa shape index (κ3) is 3.13. The molecule has 0 radical (unpaired) electrons. The first kappa shape index (κ1) is 19.9. The summed E-state index contributed by atoms with van der Waals surface area (Å²) in [4.78, 5) is 2.21. The monoisotopic (exact) mass is 472 g/mol. The standard InChI is InChI=1S/C28H20N6S/c1-19-24-25-26(20-17-29-32(18-20)21-11-5-2-6-12-21)31-34(23-15-9-4-10-16-23)28(25)35-27(24)33(30-19)22-13-7-3-8-14-22/h2-18H,1H3. The fourth-order valence-corrected chi connectivity index (χ4v) is 5.86. The quantitative estimate of drug-likeness (QED) is 0.290. The lowest BCUT2D eigenvalue weighted by Crippen LogP contribution is -1.96. The lowest BCUT2D eigenvalue weighted by atomic mass is 10.1. The van der Waals surface area contributed by atoms with Gasteiger partial charge in [0.05, 0.1) is 34.3 Å². The zero-order valence-electron chi connectivity index (χ0n) is 18.9. The van der Waals surface area contributed by atoms with Crippen LogP contribution in [-0.2, 0) is 0 Å². The molecule has 0 atom stereocenters. The van der Waals surface area contributed by atoms with Gasteiger partial charge in [0.25, 0.3) is 0 Å². The Morgan fingerprint density at radius 1 is 0.629 bits per heavy atom. The zero-order valence-corrected chi connectivity index (χ0v) is 19.7. The molecule has 0 unspecified atom stereocenters. The molecule has 0 bridgehead atoms. The van der Waals surface area contributed by atoms with Gasteiger partial charge >= 0.3 is 0 Å². The molecule has 0 fully saturated rings. The van der Waals surface area contributed by atoms with Crippen molar-refractivity contribution in [3.8, 4) is 28.3 Å². The Balaban J connectivity index is 1.51. The highest BCUT2D eigenvalue weighted by molar-refractivity contribution is 7.25. The fourth-order valence-electron chi connectivity index (χ4n) is 4.56. The number of thiophene rings is 1. The number of benzene rings is 3. The average Bonchev–Trinajstić information content (AvgIpc) is 3.68. The van der Waals surface area contributed by atoms with E-state index in [2.05, 4.69) is 36.3 Å². The molecular weight excluding hydrogens is 452 g/mol. The molecule has 6 nitrogen and oxygen atoms in total. The maximum Gasteiger partial charge on any atom is 0.130 e. The molecule has 0 aliphatic rings. The minimum Gasteiger partial charge on any atom is -0.240 e. The van der Waals surface area contributed by atoms with Crippen molar-refractivity contribution in [3.63, 3.8) is 0 Å². The van der Waals surface area contributed by atoms with Gasteiger partial charge in [0.2, 0.25) is 0 Å². The summed E-state index contributed by atoms with van der Waals surface area (Å²) in [6.07, 6.45) is 3.94. The second-order valence-corrected chi connectivity index (χ2v) is 9.38. The summed E-state index contributed by atoms with van der Waals surface area (Å²) < 4.78 is 5.98. The van der Waals surface area contributed by atoms with Gasteiger partial charge in [0.1, 0.15) is 15.4 Å². The van der Waals surface area contributed by atoms with E-state index < -0.39 is 0 Å². The molecule has 0 amide bonds. The summed E-state index contributed by atoms with van der Waals surface area (Å²) in [7, 11) is 0. The molecule has 0 aliphatic carbocycles. The van der Waals surface area contributed by atoms with Crippen molar-refractivity contribution in [1.82, 2.24) is 29.3 Å². The lowest BCUT2D eigenvalue weighted by Gasteiger charge is -2.02. The van der Waals surface area contributed by atoms with Crippen molar-refractivity contribution in [2.24, 2.45) is 0 Å². The van der Waals surface area contributed by atoms with Gasteiger partial charge in [0, 0.05) is 17.1 Å². The van der Waals surface area contributed by atoms with Crippen molar-refractivity contribution >= 4 is 31.8 Å². The number of para-hydroxylation sites is 3. The molecule has 3 aromatic carbocycles. The van der Waals surface area contributed by atoms with Crippen LogP contribution in [0.4, 0.5) is 0 Å². The molecule has 4 aromatic heterocycles. The first-order valence-corrected chi connectivity index (χ1v) is 12.2. The highest BCUT2D eigenvalue weighted by Gasteiger charge is 2.25. The van der Waals surface area contributed by atoms with E-state index in [1.807, 2.05) is 93.2 Å². The van der Waals surface area contributed by atoms with E-state index in [1.54, 1.807) is 11.3 Å². The number of aryl methyl sites for hydroxylation is 1. The normalized spacial score (nSPS) is 11.6. The predicted octanol–water partition coefficient (Wildman–Crippen LogP) is 6.59. The molecule has 4 heterocycles. The number of rotatable bonds is 4. The number of hydrogen-bond donors (Lipinski definition) is 0. The van der Waals surface area contributed by atoms with Crippen LogP contribution in [0.5, 0.6) is 0 Å². The summed E-state index contributed by atoms with van der Waals surface area (Å²) in [6, 6.07) is 30.7. The molecule has 35 heavy (non-hydrogen) atoms. The Bertz CT molecular complexity index is 1790. The van der Waals surface area contributed by atoms with Gasteiger partial charge in [-0.1, -0.05) is 65.9 Å². The predicted molar refractivity (Wildman–Crippen MR) is 141 cm³/mol. The smallest absolute Gasteiger partial charge is 0.130 e. The molecule has 7 aromatic rings. The number of nitrogens with zero attached hydrogens (tertiary/aromatic N) is 6. The third-order valence-electron chi connectivity index (χ3n) is 6.18. The minimum atomic E-state index is 0.910. The van der Waals surface area contributed by atoms with Crippen LogP contribution in [-0.4, -0.2) is 29.3 Å². The van der Waals surface area contributed by atoms with Crippen molar-refractivity contribution in [2.45, 2.75) is 6.92 Å². The maximum absolute atomic E-state index is 5.11. The molecule has 0 N–H and O–H groups in total. The van der Waals surface area contributed by atoms with E-state index in [1.165, 1.54) is 0 Å². The molecule has 0 aliphatic heterocycles. The third-order valence-corrected chi connectivity index (χ3v) is 7.32. The van der Waals surface area contributed by atoms with Gasteiger partial charge in [-0.3, -0.25) is 0 Å². The van der Waals surface area contributed by atoms with Gasteiger partial charge in [-0.2, -0.15) is 15.3 Å². The number of hydrogen-bond acceptors (Lipinski definition) is 4. The fraction of sp³-hybridized carbons (Fsp3) is 0.0357. The van der Waals surface area contributed by atoms with Crippen LogP contribution in [0.25, 0.3) is 48.8 Å². The van der Waals surface area contributed by atoms with Gasteiger partial charge in [0.15, 0.2) is 0 Å². The van der Waals surface area contributed by atoms with E-state index in [0.717, 1.165) is 54.4 Å². The molecule has 7 rings (SSSR count). The van der Waals surface area contributed by atoms with Crippen LogP contribution in [0.15, 0.2) is 103 Å². The van der Waals surface area contributed by atoms with Crippen molar-refractivity contribution in [2.75, 3.05) is 0 Å². The number of aromatic nitrogens is 6. The summed E-state index contributed by atoms with van der Waals surface area (Å²) in [6.45, 7) is 2.07. The second-order valence-electron chi connectivity index (χ2n) is 8.40. The minimum absolute atomic E-state index is 0.910. The molecule has 0 saturated carbocycles. The van der Waals surface area contributed by atoms with Crippen LogP contribution in [0.1, 0.15) is 5.69 Å². The summed E-state index contributed by atoms with van der Waals surface area (Å²) in [5.74, 6) is 0. The lowest BCUT2D eigenvalue weighted by molar-refractivity contribution is 0.880. The topological polar surface area (TPSA) is 53.5 Å². The molecule has 0 saturated heterocycles. The average molecular weight is 473 g/mol. The largest absolute Gasteiger partial charge is 0.240 e. The first-order valence-electron chi connectivity index (χ1n) is 11.4. The highest BCUT2D eigenvalue weighted by atomic mass is 32.1. The van der Waals surface area contributed by atoms with Gasteiger partial charge < -0.3 is 0 Å². The Morgan fingerprint density at radius 2 is 1.17 bits per heavy atom. The van der Waals surface area contributed by atoms with Crippen LogP contribution in [0.2, 0.25) is 0 Å². The molecule has 168 valence electrons. The Hall–Kier alpha value is -4.49. The molecular formula is C28H20N6S. The Labute approximate surface area is 205 Å². The van der Waals surface area contributed by atoms with Gasteiger partial charge in [-0.25, -0.2) is 14.0 Å². The van der Waals surface area contributed by atoms with Crippen molar-refractivity contribution in [3.05, 3.63) is 109 Å². The second kappa shape index (κ2) is 7.78. The SMILES string of the molecule is Cc1nn(-c2ccccc2)c2sc3c(c(-c4cnn(-c5ccccc5)c4)nn3-c3ccccc3)c12. The van der Waals surface area contributed by atoms with E-state index in [0.29, 0.717) is 0 Å². The molecule has 0 spiro atoms. The summed E-state index contributed by atoms with van der Waals surface area (Å²) >= 11 is 1.72. The van der Waals surface area contributed by atoms with Gasteiger partial charge in [-0.15, -0.1) is 0 Å². The van der Waals surface area contributed by atoms with Crippen molar-refractivity contribution in [1.29, 1.82) is 0 Å². The molecule has 7 heteroatoms. The number of fused-ring (bicyclic) bond motifs is 3. The van der Waals surface area contributed by atoms with E-state index in [4.69, 9.17) is 10.2 Å². The van der Waals surface area contributed by atoms with Crippen LogP contribution >= 0.6 is 11.3 Å². The van der Waals surface area contributed by atoms with E-state index in [-0.39, 0.29) is 0 Å². The van der Waals surface area contributed by atoms with Crippen LogP contribution in [0.3, 0.4) is 0 Å². The van der Waals surface area contributed by atoms with Crippen LogP contribution < -0.4 is 0 Å². The summed E-state index contributed by atoms with van der Waals surface area (Å²) in [5.41, 5.74) is 5.96. The van der Waals surface area contributed by atoms with E-state index >= 15 is 0 Å². The first-order chi connectivity index (χ1) is 17.3. The van der Waals surface area contributed by atoms with Crippen molar-refractivity contribution < 1.29 is 0 Å². The van der Waals surface area contributed by atoms with Gasteiger partial charge in [-0.05, 0) is 43.3 Å². The van der Waals surface area contributed by atoms with E-state index in [9.17, 15) is 0 Å². The Morgan fingerprint density at radius 3 is 1.80 bits per heavy atom. The maximum atomic E-state index is 5.11.